The van der Waals surface area contributed by atoms with Gasteiger partial charge in [-0.15, -0.1) is 6.42 Å². The Balaban J connectivity index is 2.55. The van der Waals surface area contributed by atoms with E-state index in [0.29, 0.717) is 6.54 Å². The predicted molar refractivity (Wildman–Crippen MR) is 85.8 cm³/mol. The third-order valence-corrected chi connectivity index (χ3v) is 3.21. The fourth-order valence-corrected chi connectivity index (χ4v) is 2.39. The summed E-state index contributed by atoms with van der Waals surface area (Å²) in [6, 6.07) is 10.5. The molecule has 0 bridgehead atoms. The van der Waals surface area contributed by atoms with Gasteiger partial charge < -0.3 is 10.2 Å². The van der Waals surface area contributed by atoms with Gasteiger partial charge in [0.1, 0.15) is 5.82 Å². The van der Waals surface area contributed by atoms with Crippen LogP contribution in [0.4, 0.5) is 5.82 Å². The standard InChI is InChI=1S/C17H21N3/c1-4-10-20(11-5-2)17-16-9-7-6-8-14(16)12-15(19-17)13-18-3/h1,6-9,12,18H,5,10-11,13H2,2-3H3. The molecule has 0 aliphatic heterocycles. The van der Waals surface area contributed by atoms with Gasteiger partial charge in [0.15, 0.2) is 0 Å². The lowest BCUT2D eigenvalue weighted by atomic mass is 10.1. The quantitative estimate of drug-likeness (QED) is 0.816. The second-order valence-corrected chi connectivity index (χ2v) is 4.81. The van der Waals surface area contributed by atoms with Crippen LogP contribution in [0.5, 0.6) is 0 Å². The van der Waals surface area contributed by atoms with E-state index in [1.807, 2.05) is 13.1 Å². The van der Waals surface area contributed by atoms with Crippen molar-refractivity contribution in [3.63, 3.8) is 0 Å². The highest BCUT2D eigenvalue weighted by Crippen LogP contribution is 2.25. The molecule has 2 rings (SSSR count). The molecule has 2 aromatic rings. The molecule has 20 heavy (non-hydrogen) atoms. The van der Waals surface area contributed by atoms with Gasteiger partial charge in [-0.2, -0.15) is 0 Å². The topological polar surface area (TPSA) is 28.2 Å². The summed E-state index contributed by atoms with van der Waals surface area (Å²) < 4.78 is 0. The second kappa shape index (κ2) is 6.93. The fourth-order valence-electron chi connectivity index (χ4n) is 2.39. The molecule has 0 saturated carbocycles. The molecule has 0 unspecified atom stereocenters. The molecule has 0 atom stereocenters. The summed E-state index contributed by atoms with van der Waals surface area (Å²) in [6.45, 7) is 4.43. The molecule has 0 saturated heterocycles. The van der Waals surface area contributed by atoms with Crippen LogP contribution >= 0.6 is 0 Å². The van der Waals surface area contributed by atoms with Gasteiger partial charge in [0.05, 0.1) is 12.2 Å². The molecule has 0 radical (unpaired) electrons. The van der Waals surface area contributed by atoms with Gasteiger partial charge in [0.2, 0.25) is 0 Å². The highest BCUT2D eigenvalue weighted by molar-refractivity contribution is 5.92. The van der Waals surface area contributed by atoms with E-state index in [4.69, 9.17) is 11.4 Å². The number of pyridine rings is 1. The maximum Gasteiger partial charge on any atom is 0.137 e. The van der Waals surface area contributed by atoms with Crippen LogP contribution in [0, 0.1) is 12.3 Å². The van der Waals surface area contributed by atoms with Crippen molar-refractivity contribution in [2.45, 2.75) is 19.9 Å². The van der Waals surface area contributed by atoms with Crippen LogP contribution in [0.3, 0.4) is 0 Å². The Morgan fingerprint density at radius 3 is 2.85 bits per heavy atom. The van der Waals surface area contributed by atoms with Gasteiger partial charge in [-0.25, -0.2) is 4.98 Å². The zero-order valence-electron chi connectivity index (χ0n) is 12.2. The van der Waals surface area contributed by atoms with Crippen molar-refractivity contribution < 1.29 is 0 Å². The van der Waals surface area contributed by atoms with Crippen molar-refractivity contribution in [2.75, 3.05) is 25.0 Å². The highest BCUT2D eigenvalue weighted by Gasteiger charge is 2.11. The molecule has 3 nitrogen and oxygen atoms in total. The first-order valence-corrected chi connectivity index (χ1v) is 7.01. The summed E-state index contributed by atoms with van der Waals surface area (Å²) in [5.74, 6) is 3.73. The highest BCUT2D eigenvalue weighted by atomic mass is 15.2. The largest absolute Gasteiger partial charge is 0.345 e. The Bertz CT molecular complexity index is 613. The molecule has 1 aromatic carbocycles. The van der Waals surface area contributed by atoms with Crippen LogP contribution < -0.4 is 10.2 Å². The Kier molecular flexibility index (Phi) is 4.97. The number of aromatic nitrogens is 1. The average Bonchev–Trinajstić information content (AvgIpc) is 2.46. The molecule has 0 aliphatic rings. The van der Waals surface area contributed by atoms with Crippen LogP contribution in [-0.4, -0.2) is 25.1 Å². The van der Waals surface area contributed by atoms with Gasteiger partial charge in [0.25, 0.3) is 0 Å². The van der Waals surface area contributed by atoms with E-state index in [9.17, 15) is 0 Å². The van der Waals surface area contributed by atoms with E-state index in [-0.39, 0.29) is 0 Å². The molecule has 0 fully saturated rings. The lowest BCUT2D eigenvalue weighted by Gasteiger charge is -2.23. The summed E-state index contributed by atoms with van der Waals surface area (Å²) in [4.78, 5) is 6.98. The smallest absolute Gasteiger partial charge is 0.137 e. The monoisotopic (exact) mass is 267 g/mol. The van der Waals surface area contributed by atoms with Gasteiger partial charge in [-0.3, -0.25) is 0 Å². The number of terminal acetylenes is 1. The zero-order chi connectivity index (χ0) is 14.4. The minimum absolute atomic E-state index is 0.591. The van der Waals surface area contributed by atoms with Gasteiger partial charge in [0, 0.05) is 18.5 Å². The Hall–Kier alpha value is -2.05. The SMILES string of the molecule is C#CCN(CCC)c1nc(CNC)cc2ccccc12. The number of nitrogens with zero attached hydrogens (tertiary/aromatic N) is 2. The van der Waals surface area contributed by atoms with Crippen molar-refractivity contribution >= 4 is 16.6 Å². The minimum Gasteiger partial charge on any atom is -0.345 e. The van der Waals surface area contributed by atoms with Gasteiger partial charge in [-0.05, 0) is 24.9 Å². The molecule has 1 N–H and O–H groups in total. The molecule has 0 spiro atoms. The lowest BCUT2D eigenvalue weighted by molar-refractivity contribution is 0.774. The molecule has 0 amide bonds. The van der Waals surface area contributed by atoms with Crippen LogP contribution in [0.25, 0.3) is 10.8 Å². The first-order valence-electron chi connectivity index (χ1n) is 7.01. The summed E-state index contributed by atoms with van der Waals surface area (Å²) in [6.07, 6.45) is 6.56. The first-order chi connectivity index (χ1) is 9.80. The van der Waals surface area contributed by atoms with E-state index < -0.39 is 0 Å². The lowest BCUT2D eigenvalue weighted by Crippen LogP contribution is -2.26. The van der Waals surface area contributed by atoms with Crippen LogP contribution in [0.2, 0.25) is 0 Å². The van der Waals surface area contributed by atoms with Crippen LogP contribution in [0.15, 0.2) is 30.3 Å². The molecular formula is C17H21N3. The van der Waals surface area contributed by atoms with E-state index in [0.717, 1.165) is 36.4 Å². The van der Waals surface area contributed by atoms with Gasteiger partial charge >= 0.3 is 0 Å². The summed E-state index contributed by atoms with van der Waals surface area (Å²) in [7, 11) is 1.93. The number of nitrogens with one attached hydrogen (secondary N) is 1. The fraction of sp³-hybridized carbons (Fsp3) is 0.353. The predicted octanol–water partition coefficient (Wildman–Crippen LogP) is 2.80. The van der Waals surface area contributed by atoms with E-state index in [2.05, 4.69) is 47.3 Å². The number of benzene rings is 1. The Morgan fingerprint density at radius 2 is 2.15 bits per heavy atom. The van der Waals surface area contributed by atoms with E-state index >= 15 is 0 Å². The summed E-state index contributed by atoms with van der Waals surface area (Å²) in [5, 5.41) is 5.53. The molecule has 104 valence electrons. The van der Waals surface area contributed by atoms with E-state index in [1.165, 1.54) is 5.39 Å². The summed E-state index contributed by atoms with van der Waals surface area (Å²) >= 11 is 0. The average molecular weight is 267 g/mol. The molecule has 1 aromatic heterocycles. The van der Waals surface area contributed by atoms with Crippen molar-refractivity contribution in [3.8, 4) is 12.3 Å². The normalized spacial score (nSPS) is 10.4. The van der Waals surface area contributed by atoms with Crippen molar-refractivity contribution in [2.24, 2.45) is 0 Å². The third-order valence-electron chi connectivity index (χ3n) is 3.21. The van der Waals surface area contributed by atoms with Gasteiger partial charge in [-0.1, -0.05) is 37.1 Å². The molecular weight excluding hydrogens is 246 g/mol. The van der Waals surface area contributed by atoms with E-state index in [1.54, 1.807) is 0 Å². The van der Waals surface area contributed by atoms with Crippen molar-refractivity contribution in [3.05, 3.63) is 36.0 Å². The number of hydrogen-bond acceptors (Lipinski definition) is 3. The number of rotatable bonds is 6. The second-order valence-electron chi connectivity index (χ2n) is 4.81. The van der Waals surface area contributed by atoms with Crippen LogP contribution in [0.1, 0.15) is 19.0 Å². The maximum absolute atomic E-state index is 5.51. The Labute approximate surface area is 121 Å². The number of hydrogen-bond donors (Lipinski definition) is 1. The maximum atomic E-state index is 5.51. The number of anilines is 1. The molecule has 0 aliphatic carbocycles. The summed E-state index contributed by atoms with van der Waals surface area (Å²) in [5.41, 5.74) is 1.04. The van der Waals surface area contributed by atoms with Crippen molar-refractivity contribution in [1.29, 1.82) is 0 Å². The molecule has 3 heteroatoms. The van der Waals surface area contributed by atoms with Crippen LogP contribution in [-0.2, 0) is 6.54 Å². The zero-order valence-corrected chi connectivity index (χ0v) is 12.2. The number of fused-ring (bicyclic) bond motifs is 1. The first kappa shape index (κ1) is 14.4. The Morgan fingerprint density at radius 1 is 1.35 bits per heavy atom. The molecule has 1 heterocycles. The third kappa shape index (κ3) is 3.09. The minimum atomic E-state index is 0.591. The van der Waals surface area contributed by atoms with Crippen molar-refractivity contribution in [1.82, 2.24) is 10.3 Å².